The number of carbonyl (C=O) groups is 1. The molecule has 1 aromatic carbocycles. The third-order valence-corrected chi connectivity index (χ3v) is 6.49. The molecule has 30 heavy (non-hydrogen) atoms. The number of para-hydroxylation sites is 1. The molecule has 2 aromatic rings. The van der Waals surface area contributed by atoms with Crippen LogP contribution in [0.4, 0.5) is 0 Å². The predicted molar refractivity (Wildman–Crippen MR) is 118 cm³/mol. The quantitative estimate of drug-likeness (QED) is 0.696. The average molecular weight is 411 g/mol. The van der Waals surface area contributed by atoms with Gasteiger partial charge in [-0.25, -0.2) is 0 Å². The average Bonchev–Trinajstić information content (AvgIpc) is 3.32. The molecule has 1 atom stereocenters. The van der Waals surface area contributed by atoms with E-state index in [-0.39, 0.29) is 12.0 Å². The molecule has 0 saturated carbocycles. The van der Waals surface area contributed by atoms with E-state index in [0.717, 1.165) is 76.1 Å². The lowest BCUT2D eigenvalue weighted by Crippen LogP contribution is -2.43. The van der Waals surface area contributed by atoms with Crippen LogP contribution in [0.5, 0.6) is 5.75 Å². The van der Waals surface area contributed by atoms with Crippen LogP contribution in [0.3, 0.4) is 0 Å². The lowest BCUT2D eigenvalue weighted by atomic mass is 10.0. The monoisotopic (exact) mass is 410 g/mol. The van der Waals surface area contributed by atoms with Gasteiger partial charge in [0.25, 0.3) is 5.91 Å². The largest absolute Gasteiger partial charge is 0.489 e. The van der Waals surface area contributed by atoms with Gasteiger partial charge in [0.2, 0.25) is 0 Å². The summed E-state index contributed by atoms with van der Waals surface area (Å²) in [7, 11) is 0. The Hall–Kier alpha value is -2.34. The summed E-state index contributed by atoms with van der Waals surface area (Å²) >= 11 is 0. The van der Waals surface area contributed by atoms with Gasteiger partial charge in [-0.2, -0.15) is 5.10 Å². The highest BCUT2D eigenvalue weighted by Gasteiger charge is 2.26. The fraction of sp³-hybridized carbons (Fsp3) is 0.583. The SMILES string of the molecule is C[C@@H](CCn1cccn1)N1CCC(Oc2ccccc2C(=O)N2CCCCC2)CC1. The Morgan fingerprint density at radius 1 is 1.10 bits per heavy atom. The maximum atomic E-state index is 13.0. The number of aryl methyl sites for hydroxylation is 1. The lowest BCUT2D eigenvalue weighted by molar-refractivity contribution is 0.0673. The standard InChI is InChI=1S/C24H34N4O2/c1-20(10-19-28-16-7-13-25-28)26-17-11-21(12-18-26)30-23-9-4-3-8-22(23)24(29)27-14-5-2-6-15-27/h3-4,7-9,13,16,20-21H,2,5-6,10-12,14-15,17-19H2,1H3/t20-/m0/s1. The number of hydrogen-bond donors (Lipinski definition) is 0. The molecule has 162 valence electrons. The van der Waals surface area contributed by atoms with Crippen molar-refractivity contribution in [1.29, 1.82) is 0 Å². The molecule has 3 heterocycles. The molecule has 0 spiro atoms. The molecule has 1 aromatic heterocycles. The van der Waals surface area contributed by atoms with Gasteiger partial charge in [0.1, 0.15) is 11.9 Å². The van der Waals surface area contributed by atoms with Crippen molar-refractivity contribution in [3.05, 3.63) is 48.3 Å². The number of nitrogens with zero attached hydrogens (tertiary/aromatic N) is 4. The predicted octanol–water partition coefficient (Wildman–Crippen LogP) is 3.83. The fourth-order valence-corrected chi connectivity index (χ4v) is 4.56. The first-order valence-electron chi connectivity index (χ1n) is 11.5. The van der Waals surface area contributed by atoms with Crippen molar-refractivity contribution in [3.8, 4) is 5.75 Å². The number of rotatable bonds is 7. The molecule has 0 unspecified atom stereocenters. The molecule has 2 fully saturated rings. The summed E-state index contributed by atoms with van der Waals surface area (Å²) < 4.78 is 8.36. The first-order chi connectivity index (χ1) is 14.7. The van der Waals surface area contributed by atoms with Gasteiger partial charge < -0.3 is 14.5 Å². The number of benzene rings is 1. The smallest absolute Gasteiger partial charge is 0.257 e. The van der Waals surface area contributed by atoms with Gasteiger partial charge in [0.15, 0.2) is 0 Å². The Bertz CT molecular complexity index is 793. The van der Waals surface area contributed by atoms with Gasteiger partial charge in [0, 0.05) is 51.2 Å². The molecule has 2 aliphatic rings. The van der Waals surface area contributed by atoms with Crippen molar-refractivity contribution < 1.29 is 9.53 Å². The maximum Gasteiger partial charge on any atom is 0.257 e. The van der Waals surface area contributed by atoms with Crippen LogP contribution in [-0.4, -0.2) is 63.8 Å². The van der Waals surface area contributed by atoms with Crippen LogP contribution in [0, 0.1) is 0 Å². The molecular weight excluding hydrogens is 376 g/mol. The normalized spacial score (nSPS) is 19.6. The highest BCUT2D eigenvalue weighted by Crippen LogP contribution is 2.26. The van der Waals surface area contributed by atoms with Crippen molar-refractivity contribution in [2.24, 2.45) is 0 Å². The van der Waals surface area contributed by atoms with E-state index in [1.807, 2.05) is 52.3 Å². The summed E-state index contributed by atoms with van der Waals surface area (Å²) in [4.78, 5) is 17.5. The Kier molecular flexibility index (Phi) is 7.05. The molecule has 0 radical (unpaired) electrons. The first kappa shape index (κ1) is 20.9. The van der Waals surface area contributed by atoms with Crippen LogP contribution in [0.15, 0.2) is 42.7 Å². The lowest BCUT2D eigenvalue weighted by Gasteiger charge is -2.36. The van der Waals surface area contributed by atoms with E-state index in [1.54, 1.807) is 0 Å². The van der Waals surface area contributed by atoms with Crippen LogP contribution in [-0.2, 0) is 6.54 Å². The van der Waals surface area contributed by atoms with E-state index in [2.05, 4.69) is 16.9 Å². The van der Waals surface area contributed by atoms with Gasteiger partial charge in [-0.05, 0) is 63.6 Å². The van der Waals surface area contributed by atoms with E-state index in [1.165, 1.54) is 6.42 Å². The van der Waals surface area contributed by atoms with E-state index < -0.39 is 0 Å². The van der Waals surface area contributed by atoms with Crippen LogP contribution in [0.25, 0.3) is 0 Å². The van der Waals surface area contributed by atoms with Crippen LogP contribution in [0.2, 0.25) is 0 Å². The molecule has 2 saturated heterocycles. The summed E-state index contributed by atoms with van der Waals surface area (Å²) in [6.45, 7) is 7.05. The number of likely N-dealkylation sites (tertiary alicyclic amines) is 2. The van der Waals surface area contributed by atoms with Gasteiger partial charge >= 0.3 is 0 Å². The van der Waals surface area contributed by atoms with Crippen molar-refractivity contribution in [2.75, 3.05) is 26.2 Å². The highest BCUT2D eigenvalue weighted by molar-refractivity contribution is 5.97. The molecule has 4 rings (SSSR count). The van der Waals surface area contributed by atoms with Gasteiger partial charge in [-0.15, -0.1) is 0 Å². The number of carbonyl (C=O) groups excluding carboxylic acids is 1. The van der Waals surface area contributed by atoms with Gasteiger partial charge in [-0.1, -0.05) is 12.1 Å². The maximum absolute atomic E-state index is 13.0. The van der Waals surface area contributed by atoms with Crippen molar-refractivity contribution in [3.63, 3.8) is 0 Å². The summed E-state index contributed by atoms with van der Waals surface area (Å²) in [6, 6.07) is 10.3. The van der Waals surface area contributed by atoms with E-state index in [4.69, 9.17) is 4.74 Å². The number of ether oxygens (including phenoxy) is 1. The highest BCUT2D eigenvalue weighted by atomic mass is 16.5. The van der Waals surface area contributed by atoms with Crippen LogP contribution in [0.1, 0.15) is 55.8 Å². The molecule has 0 N–H and O–H groups in total. The molecule has 1 amide bonds. The minimum atomic E-state index is 0.120. The Labute approximate surface area is 179 Å². The Balaban J connectivity index is 1.29. The van der Waals surface area contributed by atoms with E-state index in [0.29, 0.717) is 6.04 Å². The van der Waals surface area contributed by atoms with Crippen molar-refractivity contribution >= 4 is 5.91 Å². The third kappa shape index (κ3) is 5.22. The molecule has 6 nitrogen and oxygen atoms in total. The second kappa shape index (κ2) is 10.1. The molecule has 0 bridgehead atoms. The summed E-state index contributed by atoms with van der Waals surface area (Å²) in [5, 5.41) is 4.30. The van der Waals surface area contributed by atoms with Crippen molar-refractivity contribution in [1.82, 2.24) is 19.6 Å². The minimum Gasteiger partial charge on any atom is -0.489 e. The molecule has 0 aliphatic carbocycles. The van der Waals surface area contributed by atoms with E-state index in [9.17, 15) is 4.79 Å². The van der Waals surface area contributed by atoms with Crippen LogP contribution >= 0.6 is 0 Å². The summed E-state index contributed by atoms with van der Waals surface area (Å²) in [5.74, 6) is 0.869. The Morgan fingerprint density at radius 3 is 2.60 bits per heavy atom. The third-order valence-electron chi connectivity index (χ3n) is 6.49. The summed E-state index contributed by atoms with van der Waals surface area (Å²) in [5.41, 5.74) is 0.717. The number of piperidine rings is 2. The zero-order chi connectivity index (χ0) is 20.8. The second-order valence-electron chi connectivity index (χ2n) is 8.61. The van der Waals surface area contributed by atoms with Gasteiger partial charge in [0.05, 0.1) is 5.56 Å². The van der Waals surface area contributed by atoms with Crippen LogP contribution < -0.4 is 4.74 Å². The van der Waals surface area contributed by atoms with E-state index >= 15 is 0 Å². The number of aromatic nitrogens is 2. The fourth-order valence-electron chi connectivity index (χ4n) is 4.56. The molecule has 6 heteroatoms. The van der Waals surface area contributed by atoms with Gasteiger partial charge in [-0.3, -0.25) is 9.48 Å². The first-order valence-corrected chi connectivity index (χ1v) is 11.5. The van der Waals surface area contributed by atoms with Crippen molar-refractivity contribution in [2.45, 2.75) is 64.1 Å². The summed E-state index contributed by atoms with van der Waals surface area (Å²) in [6.07, 6.45) is 10.6. The Morgan fingerprint density at radius 2 is 1.87 bits per heavy atom. The molecule has 2 aliphatic heterocycles. The second-order valence-corrected chi connectivity index (χ2v) is 8.61. The molecular formula is C24H34N4O2. The zero-order valence-electron chi connectivity index (χ0n) is 18.1. The zero-order valence-corrected chi connectivity index (χ0v) is 18.1. The minimum absolute atomic E-state index is 0.120. The topological polar surface area (TPSA) is 50.6 Å². The number of amides is 1. The number of hydrogen-bond acceptors (Lipinski definition) is 4.